The molecule has 0 fully saturated rings. The summed E-state index contributed by atoms with van der Waals surface area (Å²) >= 11 is 1.75. The van der Waals surface area contributed by atoms with Gasteiger partial charge in [0.2, 0.25) is 0 Å². The van der Waals surface area contributed by atoms with E-state index in [-0.39, 0.29) is 6.15 Å². The van der Waals surface area contributed by atoms with Crippen LogP contribution in [0.3, 0.4) is 0 Å². The number of thioether (sulfide) groups is 1. The molecule has 4 N–H and O–H groups in total. The van der Waals surface area contributed by atoms with E-state index in [0.717, 1.165) is 0 Å². The maximum Gasteiger partial charge on any atom is 0.0919 e. The second kappa shape index (κ2) is 10.5. The molecule has 0 bridgehead atoms. The molecule has 0 spiro atoms. The first-order valence-electron chi connectivity index (χ1n) is 2.24. The van der Waals surface area contributed by atoms with Crippen LogP contribution in [0.4, 0.5) is 0 Å². The van der Waals surface area contributed by atoms with Crippen molar-refractivity contribution in [2.45, 2.75) is 0 Å². The van der Waals surface area contributed by atoms with Gasteiger partial charge in [0.05, 0.1) is 6.33 Å². The molecule has 1 aromatic rings. The van der Waals surface area contributed by atoms with Crippen LogP contribution >= 0.6 is 11.8 Å². The Kier molecular flexibility index (Phi) is 13.2. The second-order valence-corrected chi connectivity index (χ2v) is 1.99. The summed E-state index contributed by atoms with van der Waals surface area (Å²) in [6.45, 7) is 0. The lowest BCUT2D eigenvalue weighted by Crippen LogP contribution is -1.44. The van der Waals surface area contributed by atoms with Gasteiger partial charge < -0.3 is 11.1 Å². The van der Waals surface area contributed by atoms with Crippen molar-refractivity contribution in [1.82, 2.24) is 16.1 Å². The summed E-state index contributed by atoms with van der Waals surface area (Å²) < 4.78 is 0. The highest BCUT2D eigenvalue weighted by Gasteiger charge is 1.56. The van der Waals surface area contributed by atoms with Crippen LogP contribution in [0, 0.1) is 0 Å². The van der Waals surface area contributed by atoms with Crippen molar-refractivity contribution in [3.63, 3.8) is 0 Å². The van der Waals surface area contributed by atoms with Gasteiger partial charge in [0.25, 0.3) is 0 Å². The van der Waals surface area contributed by atoms with Crippen LogP contribution in [0.15, 0.2) is 18.7 Å². The standard InChI is InChI=1S/C3H4N2.C2H6S.H3N/c1-2-5-3-4-1;1-3-2;/h1-3H,(H,4,5);1-2H3;1H3. The highest BCUT2D eigenvalue weighted by atomic mass is 32.2. The van der Waals surface area contributed by atoms with Gasteiger partial charge in [-0.3, -0.25) is 0 Å². The predicted molar refractivity (Wildman–Crippen MR) is 43.0 cm³/mol. The molecular formula is C5H13N3S. The molecule has 0 aromatic carbocycles. The molecule has 1 rings (SSSR count). The predicted octanol–water partition coefficient (Wildman–Crippen LogP) is 1.55. The Bertz CT molecular complexity index is 79.1. The van der Waals surface area contributed by atoms with Crippen LogP contribution in [0.25, 0.3) is 0 Å². The van der Waals surface area contributed by atoms with Crippen molar-refractivity contribution < 1.29 is 0 Å². The van der Waals surface area contributed by atoms with Crippen molar-refractivity contribution in [2.75, 3.05) is 12.5 Å². The Morgan fingerprint density at radius 1 is 1.44 bits per heavy atom. The zero-order chi connectivity index (χ0) is 6.24. The van der Waals surface area contributed by atoms with Crippen molar-refractivity contribution in [3.05, 3.63) is 18.7 Å². The summed E-state index contributed by atoms with van der Waals surface area (Å²) in [6.07, 6.45) is 9.17. The first kappa shape index (κ1) is 11.3. The number of aromatic amines is 1. The number of rotatable bonds is 0. The summed E-state index contributed by atoms with van der Waals surface area (Å²) in [5.41, 5.74) is 0. The van der Waals surface area contributed by atoms with E-state index in [4.69, 9.17) is 0 Å². The summed E-state index contributed by atoms with van der Waals surface area (Å²) in [4.78, 5) is 6.42. The molecule has 54 valence electrons. The molecule has 1 heterocycles. The second-order valence-electron chi connectivity index (χ2n) is 1.17. The number of aromatic nitrogens is 2. The Morgan fingerprint density at radius 3 is 2.11 bits per heavy atom. The van der Waals surface area contributed by atoms with Crippen LogP contribution in [0.5, 0.6) is 0 Å². The zero-order valence-electron chi connectivity index (χ0n) is 5.79. The summed E-state index contributed by atoms with van der Waals surface area (Å²) in [7, 11) is 0. The third kappa shape index (κ3) is 11.2. The topological polar surface area (TPSA) is 63.7 Å². The van der Waals surface area contributed by atoms with E-state index in [2.05, 4.69) is 9.97 Å². The number of hydrogen-bond acceptors (Lipinski definition) is 3. The summed E-state index contributed by atoms with van der Waals surface area (Å²) in [5, 5.41) is 0. The van der Waals surface area contributed by atoms with Crippen molar-refractivity contribution in [1.29, 1.82) is 0 Å². The van der Waals surface area contributed by atoms with E-state index in [1.165, 1.54) is 0 Å². The fraction of sp³-hybridized carbons (Fsp3) is 0.400. The highest BCUT2D eigenvalue weighted by molar-refractivity contribution is 7.97. The number of nitrogens with one attached hydrogen (secondary N) is 1. The van der Waals surface area contributed by atoms with Crippen LogP contribution in [0.2, 0.25) is 0 Å². The van der Waals surface area contributed by atoms with E-state index in [9.17, 15) is 0 Å². The third-order valence-corrected chi connectivity index (χ3v) is 0.406. The minimum absolute atomic E-state index is 0. The third-order valence-electron chi connectivity index (χ3n) is 0.406. The fourth-order valence-corrected chi connectivity index (χ4v) is 0.215. The average Bonchev–Trinajstić information content (AvgIpc) is 2.17. The van der Waals surface area contributed by atoms with Gasteiger partial charge in [-0.1, -0.05) is 0 Å². The molecule has 0 saturated heterocycles. The SMILES string of the molecule is CSC.N.c1c[nH]cn1. The number of imidazole rings is 1. The molecule has 9 heavy (non-hydrogen) atoms. The molecule has 0 amide bonds. The van der Waals surface area contributed by atoms with Gasteiger partial charge in [-0.05, 0) is 12.5 Å². The van der Waals surface area contributed by atoms with Crippen LogP contribution in [0.1, 0.15) is 0 Å². The molecule has 4 heteroatoms. The first-order chi connectivity index (χ1) is 3.91. The Labute approximate surface area is 59.9 Å². The summed E-state index contributed by atoms with van der Waals surface area (Å²) in [6, 6.07) is 0. The normalized spacial score (nSPS) is 6.44. The minimum atomic E-state index is 0. The monoisotopic (exact) mass is 147 g/mol. The molecule has 0 atom stereocenters. The lowest BCUT2D eigenvalue weighted by Gasteiger charge is -1.51. The van der Waals surface area contributed by atoms with E-state index in [1.807, 2.05) is 12.5 Å². The van der Waals surface area contributed by atoms with Crippen LogP contribution < -0.4 is 6.15 Å². The number of H-pyrrole nitrogens is 1. The Hall–Kier alpha value is -0.480. The van der Waals surface area contributed by atoms with Gasteiger partial charge >= 0.3 is 0 Å². The quantitative estimate of drug-likeness (QED) is 0.585. The Morgan fingerprint density at radius 2 is 2.00 bits per heavy atom. The minimum Gasteiger partial charge on any atom is -0.351 e. The fourth-order valence-electron chi connectivity index (χ4n) is 0.215. The van der Waals surface area contributed by atoms with Gasteiger partial charge in [-0.15, -0.1) is 0 Å². The van der Waals surface area contributed by atoms with Gasteiger partial charge in [0, 0.05) is 12.4 Å². The van der Waals surface area contributed by atoms with Crippen molar-refractivity contribution in [2.24, 2.45) is 0 Å². The molecule has 3 nitrogen and oxygen atoms in total. The number of hydrogen-bond donors (Lipinski definition) is 2. The van der Waals surface area contributed by atoms with Gasteiger partial charge in [-0.2, -0.15) is 11.8 Å². The lowest BCUT2D eigenvalue weighted by molar-refractivity contribution is 1.31. The van der Waals surface area contributed by atoms with Gasteiger partial charge in [0.1, 0.15) is 0 Å². The van der Waals surface area contributed by atoms with Crippen molar-refractivity contribution in [3.8, 4) is 0 Å². The van der Waals surface area contributed by atoms with Crippen LogP contribution in [-0.4, -0.2) is 22.5 Å². The van der Waals surface area contributed by atoms with E-state index < -0.39 is 0 Å². The van der Waals surface area contributed by atoms with Crippen molar-refractivity contribution >= 4 is 11.8 Å². The Balaban J connectivity index is 0. The molecular weight excluding hydrogens is 134 g/mol. The molecule has 0 aliphatic rings. The largest absolute Gasteiger partial charge is 0.351 e. The van der Waals surface area contributed by atoms with Crippen LogP contribution in [-0.2, 0) is 0 Å². The highest BCUT2D eigenvalue weighted by Crippen LogP contribution is 1.70. The van der Waals surface area contributed by atoms with E-state index in [0.29, 0.717) is 0 Å². The number of nitrogens with zero attached hydrogens (tertiary/aromatic N) is 1. The maximum absolute atomic E-state index is 3.67. The molecule has 1 aromatic heterocycles. The van der Waals surface area contributed by atoms with Gasteiger partial charge in [-0.25, -0.2) is 4.98 Å². The molecule has 0 aliphatic heterocycles. The van der Waals surface area contributed by atoms with E-state index >= 15 is 0 Å². The molecule has 0 unspecified atom stereocenters. The average molecular weight is 147 g/mol. The smallest absolute Gasteiger partial charge is 0.0919 e. The lowest BCUT2D eigenvalue weighted by atomic mass is 11.0. The zero-order valence-corrected chi connectivity index (χ0v) is 6.61. The first-order valence-corrected chi connectivity index (χ1v) is 3.88. The van der Waals surface area contributed by atoms with E-state index in [1.54, 1.807) is 30.5 Å². The molecule has 0 aliphatic carbocycles. The summed E-state index contributed by atoms with van der Waals surface area (Å²) in [5.74, 6) is 0. The molecule has 0 saturated carbocycles. The molecule has 0 radical (unpaired) electrons. The maximum atomic E-state index is 3.67. The van der Waals surface area contributed by atoms with Gasteiger partial charge in [0.15, 0.2) is 0 Å².